The average molecular weight is 260 g/mol. The van der Waals surface area contributed by atoms with E-state index in [2.05, 4.69) is 54.4 Å². The fourth-order valence-electron chi connectivity index (χ4n) is 1.97. The van der Waals surface area contributed by atoms with Crippen LogP contribution in [0.25, 0.3) is 0 Å². The van der Waals surface area contributed by atoms with Crippen LogP contribution < -0.4 is 0 Å². The highest BCUT2D eigenvalue weighted by Gasteiger charge is 2.12. The van der Waals surface area contributed by atoms with Gasteiger partial charge in [0.2, 0.25) is 0 Å². The number of thiophene rings is 1. The first-order valence-electron chi connectivity index (χ1n) is 6.30. The lowest BCUT2D eigenvalue weighted by Crippen LogP contribution is -2.30. The van der Waals surface area contributed by atoms with Crippen molar-refractivity contribution in [3.63, 3.8) is 0 Å². The number of likely N-dealkylation sites (N-methyl/N-ethyl adjacent to an activating group) is 1. The highest BCUT2D eigenvalue weighted by molar-refractivity contribution is 7.09. The predicted octanol–water partition coefficient (Wildman–Crippen LogP) is 3.51. The molecule has 0 aromatic carbocycles. The van der Waals surface area contributed by atoms with E-state index in [0.717, 1.165) is 13.0 Å². The fraction of sp³-hybridized carbons (Fsp3) is 0.400. The molecule has 0 bridgehead atoms. The van der Waals surface area contributed by atoms with E-state index in [4.69, 9.17) is 0 Å². The quantitative estimate of drug-likeness (QED) is 0.818. The van der Waals surface area contributed by atoms with Crippen molar-refractivity contribution in [2.75, 3.05) is 7.05 Å². The predicted molar refractivity (Wildman–Crippen MR) is 77.9 cm³/mol. The molecule has 0 amide bonds. The number of hydrogen-bond acceptors (Lipinski definition) is 3. The van der Waals surface area contributed by atoms with E-state index < -0.39 is 0 Å². The van der Waals surface area contributed by atoms with Crippen LogP contribution in [-0.2, 0) is 13.0 Å². The standard InChI is InChI=1S/C15H20N2S/c1-12-6-4-8-16-15(12)10-13(2)17(3)11-14-7-5-9-18-14/h4-9,13H,10-11H2,1-3H3/t13-/m0/s1. The summed E-state index contributed by atoms with van der Waals surface area (Å²) < 4.78 is 0. The van der Waals surface area contributed by atoms with Crippen molar-refractivity contribution in [3.8, 4) is 0 Å². The number of hydrogen-bond donors (Lipinski definition) is 0. The van der Waals surface area contributed by atoms with Gasteiger partial charge in [-0.05, 0) is 44.0 Å². The average Bonchev–Trinajstić information content (AvgIpc) is 2.84. The number of nitrogens with zero attached hydrogens (tertiary/aromatic N) is 2. The van der Waals surface area contributed by atoms with E-state index in [-0.39, 0.29) is 0 Å². The molecule has 2 heterocycles. The van der Waals surface area contributed by atoms with Crippen LogP contribution >= 0.6 is 11.3 Å². The fourth-order valence-corrected chi connectivity index (χ4v) is 2.74. The largest absolute Gasteiger partial charge is 0.298 e. The molecule has 0 N–H and O–H groups in total. The Morgan fingerprint density at radius 3 is 2.83 bits per heavy atom. The molecule has 0 aliphatic heterocycles. The minimum absolute atomic E-state index is 0.501. The van der Waals surface area contributed by atoms with Gasteiger partial charge in [0.1, 0.15) is 0 Å². The Morgan fingerprint density at radius 1 is 1.33 bits per heavy atom. The molecule has 0 aliphatic rings. The van der Waals surface area contributed by atoms with Crippen molar-refractivity contribution in [1.29, 1.82) is 0 Å². The van der Waals surface area contributed by atoms with Crippen molar-refractivity contribution < 1.29 is 0 Å². The van der Waals surface area contributed by atoms with Crippen molar-refractivity contribution in [1.82, 2.24) is 9.88 Å². The van der Waals surface area contributed by atoms with Gasteiger partial charge in [-0.2, -0.15) is 0 Å². The van der Waals surface area contributed by atoms with Crippen LogP contribution in [0.5, 0.6) is 0 Å². The normalized spacial score (nSPS) is 12.9. The number of pyridine rings is 1. The van der Waals surface area contributed by atoms with Gasteiger partial charge < -0.3 is 0 Å². The van der Waals surface area contributed by atoms with Crippen LogP contribution in [0, 0.1) is 6.92 Å². The van der Waals surface area contributed by atoms with Gasteiger partial charge in [-0.25, -0.2) is 0 Å². The van der Waals surface area contributed by atoms with Gasteiger partial charge >= 0.3 is 0 Å². The lowest BCUT2D eigenvalue weighted by molar-refractivity contribution is 0.248. The molecule has 0 fully saturated rings. The molecule has 2 nitrogen and oxygen atoms in total. The lowest BCUT2D eigenvalue weighted by atomic mass is 10.1. The first kappa shape index (κ1) is 13.2. The van der Waals surface area contributed by atoms with Gasteiger partial charge in [-0.15, -0.1) is 11.3 Å². The third kappa shape index (κ3) is 3.40. The molecule has 2 aromatic heterocycles. The molecule has 0 aliphatic carbocycles. The maximum absolute atomic E-state index is 4.47. The van der Waals surface area contributed by atoms with Crippen LogP contribution in [0.1, 0.15) is 23.1 Å². The Morgan fingerprint density at radius 2 is 2.17 bits per heavy atom. The number of rotatable bonds is 5. The second-order valence-corrected chi connectivity index (χ2v) is 5.85. The van der Waals surface area contributed by atoms with Gasteiger partial charge in [-0.3, -0.25) is 9.88 Å². The minimum atomic E-state index is 0.501. The maximum atomic E-state index is 4.47. The zero-order valence-corrected chi connectivity index (χ0v) is 12.1. The molecule has 2 aromatic rings. The maximum Gasteiger partial charge on any atom is 0.0448 e. The van der Waals surface area contributed by atoms with E-state index in [1.54, 1.807) is 0 Å². The Kier molecular flexibility index (Phi) is 4.50. The molecule has 0 spiro atoms. The molecule has 96 valence electrons. The second-order valence-electron chi connectivity index (χ2n) is 4.81. The van der Waals surface area contributed by atoms with Crippen molar-refractivity contribution >= 4 is 11.3 Å². The molecule has 0 saturated carbocycles. The molecule has 0 unspecified atom stereocenters. The number of aryl methyl sites for hydroxylation is 1. The highest BCUT2D eigenvalue weighted by atomic mass is 32.1. The van der Waals surface area contributed by atoms with Gasteiger partial charge in [0.15, 0.2) is 0 Å². The van der Waals surface area contributed by atoms with Gasteiger partial charge in [0.25, 0.3) is 0 Å². The van der Waals surface area contributed by atoms with E-state index in [0.29, 0.717) is 6.04 Å². The molecule has 18 heavy (non-hydrogen) atoms. The summed E-state index contributed by atoms with van der Waals surface area (Å²) in [6, 6.07) is 8.94. The monoisotopic (exact) mass is 260 g/mol. The highest BCUT2D eigenvalue weighted by Crippen LogP contribution is 2.15. The Balaban J connectivity index is 1.95. The van der Waals surface area contributed by atoms with E-state index in [9.17, 15) is 0 Å². The Bertz CT molecular complexity index is 479. The van der Waals surface area contributed by atoms with Crippen LogP contribution in [-0.4, -0.2) is 23.0 Å². The summed E-state index contributed by atoms with van der Waals surface area (Å²) in [5, 5.41) is 2.14. The van der Waals surface area contributed by atoms with E-state index in [1.165, 1.54) is 16.1 Å². The zero-order chi connectivity index (χ0) is 13.0. The third-order valence-corrected chi connectivity index (χ3v) is 4.21. The van der Waals surface area contributed by atoms with Crippen LogP contribution in [0.3, 0.4) is 0 Å². The Labute approximate surface area is 113 Å². The summed E-state index contributed by atoms with van der Waals surface area (Å²) in [6.07, 6.45) is 2.89. The van der Waals surface area contributed by atoms with Gasteiger partial charge in [0, 0.05) is 35.8 Å². The van der Waals surface area contributed by atoms with Crippen molar-refractivity contribution in [2.24, 2.45) is 0 Å². The first-order valence-corrected chi connectivity index (χ1v) is 7.18. The second kappa shape index (κ2) is 6.12. The summed E-state index contributed by atoms with van der Waals surface area (Å²) in [6.45, 7) is 5.42. The summed E-state index contributed by atoms with van der Waals surface area (Å²) >= 11 is 1.82. The Hall–Kier alpha value is -1.19. The molecule has 0 saturated heterocycles. The van der Waals surface area contributed by atoms with Crippen LogP contribution in [0.4, 0.5) is 0 Å². The molecule has 3 heteroatoms. The smallest absolute Gasteiger partial charge is 0.0448 e. The number of aromatic nitrogens is 1. The molecular weight excluding hydrogens is 240 g/mol. The minimum Gasteiger partial charge on any atom is -0.298 e. The molecule has 0 radical (unpaired) electrons. The summed E-state index contributed by atoms with van der Waals surface area (Å²) in [5.41, 5.74) is 2.50. The van der Waals surface area contributed by atoms with Gasteiger partial charge in [-0.1, -0.05) is 12.1 Å². The van der Waals surface area contributed by atoms with Crippen molar-refractivity contribution in [3.05, 3.63) is 52.0 Å². The van der Waals surface area contributed by atoms with Crippen molar-refractivity contribution in [2.45, 2.75) is 32.9 Å². The van der Waals surface area contributed by atoms with E-state index >= 15 is 0 Å². The molecular formula is C15H20N2S. The zero-order valence-electron chi connectivity index (χ0n) is 11.3. The van der Waals surface area contributed by atoms with Crippen LogP contribution in [0.2, 0.25) is 0 Å². The summed E-state index contributed by atoms with van der Waals surface area (Å²) in [5.74, 6) is 0. The lowest BCUT2D eigenvalue weighted by Gasteiger charge is -2.24. The molecule has 1 atom stereocenters. The van der Waals surface area contributed by atoms with Gasteiger partial charge in [0.05, 0.1) is 0 Å². The van der Waals surface area contributed by atoms with E-state index in [1.807, 2.05) is 23.6 Å². The molecule has 2 rings (SSSR count). The first-order chi connectivity index (χ1) is 8.66. The summed E-state index contributed by atoms with van der Waals surface area (Å²) in [4.78, 5) is 8.28. The third-order valence-electron chi connectivity index (χ3n) is 3.34. The topological polar surface area (TPSA) is 16.1 Å². The summed E-state index contributed by atoms with van der Waals surface area (Å²) in [7, 11) is 2.18. The van der Waals surface area contributed by atoms with Crippen LogP contribution in [0.15, 0.2) is 35.8 Å². The SMILES string of the molecule is Cc1cccnc1C[C@H](C)N(C)Cc1cccs1.